The summed E-state index contributed by atoms with van der Waals surface area (Å²) >= 11 is 0. The minimum absolute atomic E-state index is 0.334. The smallest absolute Gasteiger partial charge is 0.243 e. The van der Waals surface area contributed by atoms with Crippen molar-refractivity contribution >= 4 is 17.8 Å². The van der Waals surface area contributed by atoms with Crippen LogP contribution >= 0.6 is 0 Å². The van der Waals surface area contributed by atoms with Gasteiger partial charge in [-0.3, -0.25) is 5.43 Å². The summed E-state index contributed by atoms with van der Waals surface area (Å²) in [6.07, 6.45) is 6.43. The van der Waals surface area contributed by atoms with Crippen molar-refractivity contribution in [3.05, 3.63) is 18.7 Å². The van der Waals surface area contributed by atoms with Crippen LogP contribution in [0.2, 0.25) is 0 Å². The predicted octanol–water partition coefficient (Wildman–Crippen LogP) is -0.0781. The molecule has 0 aromatic carbocycles. The van der Waals surface area contributed by atoms with E-state index in [4.69, 9.17) is 5.84 Å². The number of aromatic nitrogens is 5. The Balaban J connectivity index is 1.89. The molecule has 0 saturated heterocycles. The van der Waals surface area contributed by atoms with Crippen molar-refractivity contribution in [3.8, 4) is 0 Å². The Morgan fingerprint density at radius 1 is 1.25 bits per heavy atom. The van der Waals surface area contributed by atoms with Crippen molar-refractivity contribution in [2.45, 2.75) is 13.0 Å². The van der Waals surface area contributed by atoms with Crippen LogP contribution in [0.1, 0.15) is 6.42 Å². The van der Waals surface area contributed by atoms with Gasteiger partial charge >= 0.3 is 0 Å². The second-order valence-corrected chi connectivity index (χ2v) is 4.40. The molecule has 0 radical (unpaired) electrons. The van der Waals surface area contributed by atoms with E-state index in [1.807, 2.05) is 24.9 Å². The fourth-order valence-corrected chi connectivity index (χ4v) is 1.59. The molecule has 108 valence electrons. The molecule has 2 aromatic rings. The van der Waals surface area contributed by atoms with Gasteiger partial charge < -0.3 is 14.8 Å². The number of hydrogen-bond acceptors (Lipinski definition) is 8. The van der Waals surface area contributed by atoms with Gasteiger partial charge in [0.25, 0.3) is 0 Å². The van der Waals surface area contributed by atoms with Crippen LogP contribution in [0.5, 0.6) is 0 Å². The van der Waals surface area contributed by atoms with Crippen molar-refractivity contribution in [2.24, 2.45) is 5.84 Å². The molecule has 0 aliphatic carbocycles. The number of nitrogens with two attached hydrogens (primary N) is 1. The molecule has 0 aliphatic rings. The number of aryl methyl sites for hydroxylation is 1. The Morgan fingerprint density at radius 3 is 2.70 bits per heavy atom. The minimum atomic E-state index is 0.334. The van der Waals surface area contributed by atoms with Crippen LogP contribution in [0, 0.1) is 0 Å². The molecule has 2 aromatic heterocycles. The van der Waals surface area contributed by atoms with E-state index in [0.717, 1.165) is 19.5 Å². The highest BCUT2D eigenvalue weighted by molar-refractivity contribution is 5.42. The van der Waals surface area contributed by atoms with Crippen molar-refractivity contribution < 1.29 is 0 Å². The molecule has 0 fully saturated rings. The highest BCUT2D eigenvalue weighted by Crippen LogP contribution is 2.10. The lowest BCUT2D eigenvalue weighted by atomic mass is 10.4. The lowest BCUT2D eigenvalue weighted by molar-refractivity contribution is 0.659. The zero-order valence-electron chi connectivity index (χ0n) is 11.6. The normalized spacial score (nSPS) is 10.3. The zero-order valence-corrected chi connectivity index (χ0v) is 11.6. The lowest BCUT2D eigenvalue weighted by Gasteiger charge is -2.13. The molecule has 2 rings (SSSR count). The summed E-state index contributed by atoms with van der Waals surface area (Å²) in [7, 11) is 3.72. The van der Waals surface area contributed by atoms with Gasteiger partial charge in [0, 0.05) is 39.6 Å². The molecule has 0 atom stereocenters. The first kappa shape index (κ1) is 14.0. The molecular weight excluding hydrogens is 258 g/mol. The Labute approximate surface area is 117 Å². The molecule has 9 heteroatoms. The number of nitrogens with zero attached hydrogens (tertiary/aromatic N) is 6. The Hall–Kier alpha value is -2.42. The summed E-state index contributed by atoms with van der Waals surface area (Å²) in [5, 5.41) is 3.16. The first-order chi connectivity index (χ1) is 9.69. The van der Waals surface area contributed by atoms with Crippen LogP contribution in [0.4, 0.5) is 17.8 Å². The van der Waals surface area contributed by atoms with Crippen molar-refractivity contribution in [1.82, 2.24) is 24.5 Å². The Kier molecular flexibility index (Phi) is 4.66. The molecule has 4 N–H and O–H groups in total. The Morgan fingerprint density at radius 2 is 2.05 bits per heavy atom. The van der Waals surface area contributed by atoms with Crippen LogP contribution in [0.15, 0.2) is 18.7 Å². The number of imidazole rings is 1. The maximum atomic E-state index is 5.35. The number of nitrogen functional groups attached to an aromatic ring is 1. The summed E-state index contributed by atoms with van der Waals surface area (Å²) in [6.45, 7) is 1.64. The summed E-state index contributed by atoms with van der Waals surface area (Å²) < 4.78 is 2.02. The lowest BCUT2D eigenvalue weighted by Crippen LogP contribution is -2.19. The third-order valence-electron chi connectivity index (χ3n) is 2.59. The second-order valence-electron chi connectivity index (χ2n) is 4.40. The van der Waals surface area contributed by atoms with E-state index >= 15 is 0 Å². The molecular formula is C11H19N9. The van der Waals surface area contributed by atoms with Crippen LogP contribution in [0.3, 0.4) is 0 Å². The number of nitrogens with one attached hydrogen (secondary N) is 2. The van der Waals surface area contributed by atoms with Crippen molar-refractivity contribution in [3.63, 3.8) is 0 Å². The summed E-state index contributed by atoms with van der Waals surface area (Å²) in [5.41, 5.74) is 2.43. The van der Waals surface area contributed by atoms with Crippen molar-refractivity contribution in [1.29, 1.82) is 0 Å². The van der Waals surface area contributed by atoms with Crippen LogP contribution < -0.4 is 21.5 Å². The summed E-state index contributed by atoms with van der Waals surface area (Å²) in [5.74, 6) is 6.73. The zero-order chi connectivity index (χ0) is 14.4. The van der Waals surface area contributed by atoms with Crippen molar-refractivity contribution in [2.75, 3.05) is 36.3 Å². The van der Waals surface area contributed by atoms with Gasteiger partial charge in [-0.2, -0.15) is 15.0 Å². The molecule has 0 spiro atoms. The number of anilines is 3. The van der Waals surface area contributed by atoms with E-state index in [0.29, 0.717) is 17.8 Å². The number of hydrazine groups is 1. The molecule has 0 aliphatic heterocycles. The first-order valence-electron chi connectivity index (χ1n) is 6.28. The number of rotatable bonds is 7. The average Bonchev–Trinajstić information content (AvgIpc) is 2.96. The van der Waals surface area contributed by atoms with Gasteiger partial charge in [-0.25, -0.2) is 10.8 Å². The van der Waals surface area contributed by atoms with Gasteiger partial charge in [0.05, 0.1) is 6.33 Å². The van der Waals surface area contributed by atoms with E-state index in [9.17, 15) is 0 Å². The van der Waals surface area contributed by atoms with E-state index in [2.05, 4.69) is 30.7 Å². The van der Waals surface area contributed by atoms with E-state index in [1.165, 1.54) is 0 Å². The topological polar surface area (TPSA) is 110 Å². The van der Waals surface area contributed by atoms with Gasteiger partial charge in [-0.05, 0) is 6.42 Å². The highest BCUT2D eigenvalue weighted by atomic mass is 15.4. The quantitative estimate of drug-likeness (QED) is 0.366. The molecule has 20 heavy (non-hydrogen) atoms. The fraction of sp³-hybridized carbons (Fsp3) is 0.455. The molecule has 0 unspecified atom stereocenters. The van der Waals surface area contributed by atoms with Gasteiger partial charge in [0.15, 0.2) is 0 Å². The standard InChI is InChI=1S/C11H19N9/c1-19(2)11-16-9(15-10(17-11)18-12)14-4-3-6-20-7-5-13-8-20/h5,7-8H,3-4,6,12H2,1-2H3,(H2,14,15,16,17,18). The van der Waals surface area contributed by atoms with Gasteiger partial charge in [-0.15, -0.1) is 0 Å². The van der Waals surface area contributed by atoms with Gasteiger partial charge in [0.2, 0.25) is 17.8 Å². The van der Waals surface area contributed by atoms with Gasteiger partial charge in [-0.1, -0.05) is 0 Å². The Bertz CT molecular complexity index is 523. The maximum Gasteiger partial charge on any atom is 0.243 e. The maximum absolute atomic E-state index is 5.35. The van der Waals surface area contributed by atoms with E-state index in [1.54, 1.807) is 17.4 Å². The number of hydrogen-bond donors (Lipinski definition) is 3. The van der Waals surface area contributed by atoms with E-state index < -0.39 is 0 Å². The molecule has 9 nitrogen and oxygen atoms in total. The SMILES string of the molecule is CN(C)c1nc(NN)nc(NCCCn2ccnc2)n1. The average molecular weight is 277 g/mol. The largest absolute Gasteiger partial charge is 0.354 e. The monoisotopic (exact) mass is 277 g/mol. The summed E-state index contributed by atoms with van der Waals surface area (Å²) in [6, 6.07) is 0. The highest BCUT2D eigenvalue weighted by Gasteiger charge is 2.06. The minimum Gasteiger partial charge on any atom is -0.354 e. The third kappa shape index (κ3) is 3.79. The van der Waals surface area contributed by atoms with Crippen LogP contribution in [0.25, 0.3) is 0 Å². The van der Waals surface area contributed by atoms with Crippen LogP contribution in [-0.2, 0) is 6.54 Å². The molecule has 0 amide bonds. The fourth-order valence-electron chi connectivity index (χ4n) is 1.59. The predicted molar refractivity (Wildman–Crippen MR) is 77.3 cm³/mol. The summed E-state index contributed by atoms with van der Waals surface area (Å²) in [4.78, 5) is 18.4. The van der Waals surface area contributed by atoms with Crippen LogP contribution in [-0.4, -0.2) is 45.1 Å². The molecule has 0 bridgehead atoms. The third-order valence-corrected chi connectivity index (χ3v) is 2.59. The molecule has 2 heterocycles. The first-order valence-corrected chi connectivity index (χ1v) is 6.28. The van der Waals surface area contributed by atoms with E-state index in [-0.39, 0.29) is 0 Å². The molecule has 0 saturated carbocycles. The second kappa shape index (κ2) is 6.66. The van der Waals surface area contributed by atoms with Gasteiger partial charge in [0.1, 0.15) is 0 Å².